The zero-order chi connectivity index (χ0) is 15.2. The molecule has 0 saturated heterocycles. The Morgan fingerprint density at radius 3 is 2.48 bits per heavy atom. The third kappa shape index (κ3) is 7.89. The van der Waals surface area contributed by atoms with Gasteiger partial charge in [-0.3, -0.25) is 4.99 Å². The van der Waals surface area contributed by atoms with Crippen LogP contribution in [0.1, 0.15) is 12.0 Å². The first kappa shape index (κ1) is 20.5. The number of aliphatic imine (C=N–C) groups is 1. The van der Waals surface area contributed by atoms with Crippen LogP contribution >= 0.6 is 39.9 Å². The Bertz CT molecular complexity index is 466. The fourth-order valence-corrected chi connectivity index (χ4v) is 2.07. The van der Waals surface area contributed by atoms with Gasteiger partial charge in [0.25, 0.3) is 0 Å². The molecule has 1 rings (SSSR count). The average Bonchev–Trinajstić information content (AvgIpc) is 2.36. The molecule has 3 nitrogen and oxygen atoms in total. The van der Waals surface area contributed by atoms with E-state index in [2.05, 4.69) is 26.2 Å². The van der Waals surface area contributed by atoms with Crippen molar-refractivity contribution >= 4 is 45.9 Å². The van der Waals surface area contributed by atoms with Crippen LogP contribution in [0.15, 0.2) is 33.7 Å². The predicted octanol–water partition coefficient (Wildman–Crippen LogP) is 4.03. The molecule has 0 unspecified atom stereocenters. The van der Waals surface area contributed by atoms with Crippen LogP contribution in [0.5, 0.6) is 0 Å². The maximum atomic E-state index is 12.1. The lowest BCUT2D eigenvalue weighted by molar-refractivity contribution is -0.132. The van der Waals surface area contributed by atoms with Crippen LogP contribution in [0, 0.1) is 0 Å². The van der Waals surface area contributed by atoms with Crippen LogP contribution in [0.25, 0.3) is 0 Å². The highest BCUT2D eigenvalue weighted by molar-refractivity contribution is 14.0. The molecule has 120 valence electrons. The number of nitrogens with one attached hydrogen (secondary N) is 1. The van der Waals surface area contributed by atoms with Crippen molar-refractivity contribution in [3.05, 3.63) is 34.3 Å². The fraction of sp³-hybridized carbons (Fsp3) is 0.462. The number of hydrogen-bond acceptors (Lipinski definition) is 1. The Balaban J connectivity index is 0.00000400. The summed E-state index contributed by atoms with van der Waals surface area (Å²) in [6.07, 6.45) is -5.04. The maximum absolute atomic E-state index is 12.1. The SMILES string of the molecule is CN=C(NCCC(F)(F)F)N(C)Cc1ccccc1Br.I. The quantitative estimate of drug-likeness (QED) is 0.401. The maximum Gasteiger partial charge on any atom is 0.390 e. The molecule has 21 heavy (non-hydrogen) atoms. The number of rotatable bonds is 4. The third-order valence-electron chi connectivity index (χ3n) is 2.63. The molecular formula is C13H18BrF3IN3. The van der Waals surface area contributed by atoms with Crippen LogP contribution in [0.3, 0.4) is 0 Å². The number of hydrogen-bond donors (Lipinski definition) is 1. The topological polar surface area (TPSA) is 27.6 Å². The molecule has 0 aromatic heterocycles. The standard InChI is InChI=1S/C13H17BrF3N3.HI/c1-18-12(19-8-7-13(15,16)17)20(2)9-10-5-3-4-6-11(10)14;/h3-6H,7-9H2,1-2H3,(H,18,19);1H. The monoisotopic (exact) mass is 479 g/mol. The first-order valence-corrected chi connectivity index (χ1v) is 6.84. The molecule has 0 saturated carbocycles. The van der Waals surface area contributed by atoms with Gasteiger partial charge in [-0.15, -0.1) is 24.0 Å². The zero-order valence-electron chi connectivity index (χ0n) is 11.7. The molecule has 0 aliphatic rings. The van der Waals surface area contributed by atoms with E-state index in [9.17, 15) is 13.2 Å². The summed E-state index contributed by atoms with van der Waals surface area (Å²) < 4.78 is 37.3. The van der Waals surface area contributed by atoms with Gasteiger partial charge in [0.2, 0.25) is 0 Å². The molecule has 1 aromatic carbocycles. The van der Waals surface area contributed by atoms with Crippen molar-refractivity contribution in [2.45, 2.75) is 19.1 Å². The second-order valence-corrected chi connectivity index (χ2v) is 5.14. The van der Waals surface area contributed by atoms with E-state index in [-0.39, 0.29) is 30.5 Å². The molecule has 1 aromatic rings. The van der Waals surface area contributed by atoms with E-state index in [0.717, 1.165) is 10.0 Å². The molecule has 0 amide bonds. The van der Waals surface area contributed by atoms with Crippen molar-refractivity contribution < 1.29 is 13.2 Å². The van der Waals surface area contributed by atoms with Crippen molar-refractivity contribution in [3.63, 3.8) is 0 Å². The van der Waals surface area contributed by atoms with Crippen LogP contribution in [-0.4, -0.2) is 37.7 Å². The largest absolute Gasteiger partial charge is 0.390 e. The van der Waals surface area contributed by atoms with Gasteiger partial charge >= 0.3 is 6.18 Å². The van der Waals surface area contributed by atoms with Crippen LogP contribution in [0.2, 0.25) is 0 Å². The lowest BCUT2D eigenvalue weighted by Crippen LogP contribution is -2.39. The summed E-state index contributed by atoms with van der Waals surface area (Å²) in [5, 5.41) is 2.71. The minimum absolute atomic E-state index is 0. The van der Waals surface area contributed by atoms with E-state index in [1.165, 1.54) is 0 Å². The number of alkyl halides is 3. The van der Waals surface area contributed by atoms with Gasteiger partial charge in [0.1, 0.15) is 0 Å². The van der Waals surface area contributed by atoms with Gasteiger partial charge in [-0.2, -0.15) is 13.2 Å². The van der Waals surface area contributed by atoms with Gasteiger partial charge in [0.05, 0.1) is 6.42 Å². The molecular weight excluding hydrogens is 462 g/mol. The lowest BCUT2D eigenvalue weighted by atomic mass is 10.2. The third-order valence-corrected chi connectivity index (χ3v) is 3.40. The summed E-state index contributed by atoms with van der Waals surface area (Å²) in [5.74, 6) is 0.435. The molecule has 0 radical (unpaired) electrons. The van der Waals surface area contributed by atoms with Crippen molar-refractivity contribution in [2.75, 3.05) is 20.6 Å². The second kappa shape index (κ2) is 9.50. The highest BCUT2D eigenvalue weighted by atomic mass is 127. The zero-order valence-corrected chi connectivity index (χ0v) is 15.7. The molecule has 0 bridgehead atoms. The van der Waals surface area contributed by atoms with Crippen molar-refractivity contribution in [1.29, 1.82) is 0 Å². The molecule has 1 N–H and O–H groups in total. The normalized spacial score (nSPS) is 11.8. The van der Waals surface area contributed by atoms with E-state index in [4.69, 9.17) is 0 Å². The molecule has 0 heterocycles. The fourth-order valence-electron chi connectivity index (χ4n) is 1.66. The van der Waals surface area contributed by atoms with Gasteiger partial charge in [0.15, 0.2) is 5.96 Å². The minimum Gasteiger partial charge on any atom is -0.356 e. The Labute approximate surface area is 148 Å². The molecule has 0 spiro atoms. The Hall–Kier alpha value is -0.510. The highest BCUT2D eigenvalue weighted by Gasteiger charge is 2.26. The van der Waals surface area contributed by atoms with Crippen LogP contribution < -0.4 is 5.32 Å². The van der Waals surface area contributed by atoms with E-state index in [0.29, 0.717) is 12.5 Å². The Morgan fingerprint density at radius 1 is 1.33 bits per heavy atom. The highest BCUT2D eigenvalue weighted by Crippen LogP contribution is 2.19. The average molecular weight is 480 g/mol. The summed E-state index contributed by atoms with van der Waals surface area (Å²) in [6, 6.07) is 7.68. The van der Waals surface area contributed by atoms with Crippen molar-refractivity contribution in [2.24, 2.45) is 4.99 Å². The van der Waals surface area contributed by atoms with Gasteiger partial charge in [-0.05, 0) is 11.6 Å². The number of halogens is 5. The Kier molecular flexibility index (Phi) is 9.26. The molecule has 8 heteroatoms. The van der Waals surface area contributed by atoms with E-state index >= 15 is 0 Å². The summed E-state index contributed by atoms with van der Waals surface area (Å²) in [6.45, 7) is 0.365. The van der Waals surface area contributed by atoms with Gasteiger partial charge in [0, 0.05) is 31.7 Å². The van der Waals surface area contributed by atoms with E-state index in [1.807, 2.05) is 24.3 Å². The smallest absolute Gasteiger partial charge is 0.356 e. The number of nitrogens with zero attached hydrogens (tertiary/aromatic N) is 2. The van der Waals surface area contributed by atoms with Crippen LogP contribution in [0.4, 0.5) is 13.2 Å². The van der Waals surface area contributed by atoms with Crippen molar-refractivity contribution in [1.82, 2.24) is 10.2 Å². The second-order valence-electron chi connectivity index (χ2n) is 4.29. The van der Waals surface area contributed by atoms with E-state index < -0.39 is 12.6 Å². The predicted molar refractivity (Wildman–Crippen MR) is 93.1 cm³/mol. The Morgan fingerprint density at radius 2 is 1.95 bits per heavy atom. The van der Waals surface area contributed by atoms with Gasteiger partial charge in [-0.25, -0.2) is 0 Å². The molecule has 0 aliphatic carbocycles. The van der Waals surface area contributed by atoms with Gasteiger partial charge < -0.3 is 10.2 Å². The van der Waals surface area contributed by atoms with E-state index in [1.54, 1.807) is 19.0 Å². The molecule has 0 aliphatic heterocycles. The summed E-state index contributed by atoms with van der Waals surface area (Å²) in [5.41, 5.74) is 1.04. The molecule has 0 fully saturated rings. The molecule has 0 atom stereocenters. The van der Waals surface area contributed by atoms with Crippen LogP contribution in [-0.2, 0) is 6.54 Å². The first-order chi connectivity index (χ1) is 9.33. The minimum atomic E-state index is -4.16. The summed E-state index contributed by atoms with van der Waals surface area (Å²) >= 11 is 3.44. The number of benzene rings is 1. The summed E-state index contributed by atoms with van der Waals surface area (Å²) in [7, 11) is 3.33. The summed E-state index contributed by atoms with van der Waals surface area (Å²) in [4.78, 5) is 5.76. The van der Waals surface area contributed by atoms with Gasteiger partial charge in [-0.1, -0.05) is 34.1 Å². The van der Waals surface area contributed by atoms with Crippen molar-refractivity contribution in [3.8, 4) is 0 Å². The lowest BCUT2D eigenvalue weighted by Gasteiger charge is -2.23. The number of guanidine groups is 1. The first-order valence-electron chi connectivity index (χ1n) is 6.05.